The zero-order chi connectivity index (χ0) is 21.6. The van der Waals surface area contributed by atoms with Crippen LogP contribution in [0.15, 0.2) is 59.5 Å². The van der Waals surface area contributed by atoms with E-state index in [-0.39, 0.29) is 18.4 Å². The topological polar surface area (TPSA) is 77.9 Å². The van der Waals surface area contributed by atoms with Crippen molar-refractivity contribution in [1.82, 2.24) is 9.21 Å². The Kier molecular flexibility index (Phi) is 7.64. The van der Waals surface area contributed by atoms with Crippen molar-refractivity contribution in [3.63, 3.8) is 0 Å². The maximum absolute atomic E-state index is 13.0. The van der Waals surface area contributed by atoms with Crippen molar-refractivity contribution in [2.75, 3.05) is 32.8 Å². The number of benzene rings is 2. The highest BCUT2D eigenvalue weighted by atomic mass is 32.2. The molecule has 1 aliphatic rings. The van der Waals surface area contributed by atoms with E-state index < -0.39 is 10.0 Å². The Labute approximate surface area is 179 Å². The van der Waals surface area contributed by atoms with Gasteiger partial charge in [0.25, 0.3) is 0 Å². The summed E-state index contributed by atoms with van der Waals surface area (Å²) >= 11 is 0. The number of aliphatic hydroxyl groups is 1. The second-order valence-electron chi connectivity index (χ2n) is 7.78. The van der Waals surface area contributed by atoms with Gasteiger partial charge >= 0.3 is 0 Å². The maximum Gasteiger partial charge on any atom is 0.243 e. The van der Waals surface area contributed by atoms with Crippen LogP contribution in [0.25, 0.3) is 0 Å². The fourth-order valence-corrected chi connectivity index (χ4v) is 5.29. The van der Waals surface area contributed by atoms with Crippen molar-refractivity contribution in [2.45, 2.75) is 31.1 Å². The van der Waals surface area contributed by atoms with E-state index in [0.29, 0.717) is 43.9 Å². The second kappa shape index (κ2) is 10.2. The molecule has 7 heteroatoms. The molecule has 0 bridgehead atoms. The number of rotatable bonds is 8. The van der Waals surface area contributed by atoms with Crippen LogP contribution in [0.2, 0.25) is 0 Å². The molecule has 0 atom stereocenters. The molecule has 1 saturated heterocycles. The normalized spacial score (nSPS) is 15.8. The standard InChI is InChI=1S/C23H30N2O4S/c1-19-7-9-22(10-8-19)30(28,29)25-15-12-21(13-16-25)23(27)24(17-18-26)14-11-20-5-3-2-4-6-20/h2-10,21,26H,11-18H2,1H3. The van der Waals surface area contributed by atoms with Crippen LogP contribution >= 0.6 is 0 Å². The molecule has 162 valence electrons. The van der Waals surface area contributed by atoms with Crippen LogP contribution in [0.1, 0.15) is 24.0 Å². The number of amides is 1. The summed E-state index contributed by atoms with van der Waals surface area (Å²) in [6, 6.07) is 16.8. The summed E-state index contributed by atoms with van der Waals surface area (Å²) in [5.74, 6) is -0.204. The third-order valence-corrected chi connectivity index (χ3v) is 7.57. The molecule has 1 fully saturated rings. The first kappa shape index (κ1) is 22.5. The van der Waals surface area contributed by atoms with Gasteiger partial charge in [-0.1, -0.05) is 48.0 Å². The molecule has 1 amide bonds. The summed E-state index contributed by atoms with van der Waals surface area (Å²) in [5, 5.41) is 9.39. The first-order valence-electron chi connectivity index (χ1n) is 10.4. The molecule has 1 heterocycles. The van der Waals surface area contributed by atoms with Crippen molar-refractivity contribution in [1.29, 1.82) is 0 Å². The van der Waals surface area contributed by atoms with Crippen LogP contribution in [0.3, 0.4) is 0 Å². The minimum atomic E-state index is -3.54. The van der Waals surface area contributed by atoms with Gasteiger partial charge in [0.05, 0.1) is 11.5 Å². The summed E-state index contributed by atoms with van der Waals surface area (Å²) in [5.41, 5.74) is 2.16. The van der Waals surface area contributed by atoms with Gasteiger partial charge in [0.2, 0.25) is 15.9 Å². The molecule has 0 radical (unpaired) electrons. The number of carbonyl (C=O) groups excluding carboxylic acids is 1. The Morgan fingerprint density at radius 1 is 1.03 bits per heavy atom. The predicted molar refractivity (Wildman–Crippen MR) is 116 cm³/mol. The monoisotopic (exact) mass is 430 g/mol. The van der Waals surface area contributed by atoms with Gasteiger partial charge in [-0.05, 0) is 43.9 Å². The number of hydrogen-bond donors (Lipinski definition) is 1. The SMILES string of the molecule is Cc1ccc(S(=O)(=O)N2CCC(C(=O)N(CCO)CCc3ccccc3)CC2)cc1. The van der Waals surface area contributed by atoms with Crippen LogP contribution < -0.4 is 0 Å². The van der Waals surface area contributed by atoms with Gasteiger partial charge in [-0.3, -0.25) is 4.79 Å². The van der Waals surface area contributed by atoms with Crippen molar-refractivity contribution < 1.29 is 18.3 Å². The molecule has 0 saturated carbocycles. The minimum Gasteiger partial charge on any atom is -0.395 e. The number of nitrogens with zero attached hydrogens (tertiary/aromatic N) is 2. The Hall–Kier alpha value is -2.22. The van der Waals surface area contributed by atoms with Crippen LogP contribution in [-0.2, 0) is 21.2 Å². The zero-order valence-electron chi connectivity index (χ0n) is 17.4. The predicted octanol–water partition coefficient (Wildman–Crippen LogP) is 2.46. The molecule has 3 rings (SSSR count). The summed E-state index contributed by atoms with van der Waals surface area (Å²) in [6.07, 6.45) is 1.72. The number of aliphatic hydroxyl groups excluding tert-OH is 1. The van der Waals surface area contributed by atoms with Gasteiger partial charge in [0, 0.05) is 32.1 Å². The second-order valence-corrected chi connectivity index (χ2v) is 9.71. The Morgan fingerprint density at radius 2 is 1.67 bits per heavy atom. The van der Waals surface area contributed by atoms with Crippen molar-refractivity contribution in [2.24, 2.45) is 5.92 Å². The summed E-state index contributed by atoms with van der Waals surface area (Å²) in [6.45, 7) is 3.35. The lowest BCUT2D eigenvalue weighted by Crippen LogP contribution is -2.45. The third kappa shape index (κ3) is 5.47. The van der Waals surface area contributed by atoms with E-state index in [2.05, 4.69) is 0 Å². The van der Waals surface area contributed by atoms with E-state index in [4.69, 9.17) is 0 Å². The fourth-order valence-electron chi connectivity index (χ4n) is 3.82. The summed E-state index contributed by atoms with van der Waals surface area (Å²) in [4.78, 5) is 15.0. The highest BCUT2D eigenvalue weighted by Crippen LogP contribution is 2.25. The highest BCUT2D eigenvalue weighted by molar-refractivity contribution is 7.89. The van der Waals surface area contributed by atoms with Crippen LogP contribution in [0.4, 0.5) is 0 Å². The molecule has 0 aliphatic carbocycles. The van der Waals surface area contributed by atoms with E-state index in [1.54, 1.807) is 29.2 Å². The first-order valence-corrected chi connectivity index (χ1v) is 11.9. The molecule has 0 aromatic heterocycles. The lowest BCUT2D eigenvalue weighted by atomic mass is 9.96. The molecule has 0 unspecified atom stereocenters. The molecule has 30 heavy (non-hydrogen) atoms. The Morgan fingerprint density at radius 3 is 2.27 bits per heavy atom. The first-order chi connectivity index (χ1) is 14.4. The fraction of sp³-hybridized carbons (Fsp3) is 0.435. The van der Waals surface area contributed by atoms with E-state index >= 15 is 0 Å². The molecule has 1 aliphatic heterocycles. The average molecular weight is 431 g/mol. The largest absolute Gasteiger partial charge is 0.395 e. The van der Waals surface area contributed by atoms with Crippen molar-refractivity contribution >= 4 is 15.9 Å². The number of carbonyl (C=O) groups is 1. The molecule has 2 aromatic carbocycles. The smallest absolute Gasteiger partial charge is 0.243 e. The molecule has 1 N–H and O–H groups in total. The van der Waals surface area contributed by atoms with Crippen molar-refractivity contribution in [3.05, 3.63) is 65.7 Å². The van der Waals surface area contributed by atoms with Crippen LogP contribution in [0.5, 0.6) is 0 Å². The third-order valence-electron chi connectivity index (χ3n) is 5.66. The Balaban J connectivity index is 1.59. The number of sulfonamides is 1. The van der Waals surface area contributed by atoms with Gasteiger partial charge in [-0.15, -0.1) is 0 Å². The molecule has 0 spiro atoms. The minimum absolute atomic E-state index is 0.00682. The molecule has 6 nitrogen and oxygen atoms in total. The van der Waals surface area contributed by atoms with Gasteiger partial charge in [-0.25, -0.2) is 8.42 Å². The Bertz CT molecular complexity index is 921. The van der Waals surface area contributed by atoms with Gasteiger partial charge < -0.3 is 10.0 Å². The van der Waals surface area contributed by atoms with E-state index in [1.165, 1.54) is 4.31 Å². The van der Waals surface area contributed by atoms with Gasteiger partial charge in [0.1, 0.15) is 0 Å². The van der Waals surface area contributed by atoms with E-state index in [0.717, 1.165) is 17.5 Å². The van der Waals surface area contributed by atoms with Crippen molar-refractivity contribution in [3.8, 4) is 0 Å². The molecular weight excluding hydrogens is 400 g/mol. The van der Waals surface area contributed by atoms with Crippen LogP contribution in [0, 0.1) is 12.8 Å². The van der Waals surface area contributed by atoms with E-state index in [9.17, 15) is 18.3 Å². The molecular formula is C23H30N2O4S. The van der Waals surface area contributed by atoms with E-state index in [1.807, 2.05) is 37.3 Å². The summed E-state index contributed by atoms with van der Waals surface area (Å²) < 4.78 is 27.2. The average Bonchev–Trinajstić information content (AvgIpc) is 2.77. The lowest BCUT2D eigenvalue weighted by molar-refractivity contribution is -0.137. The number of piperidine rings is 1. The summed E-state index contributed by atoms with van der Waals surface area (Å²) in [7, 11) is -3.54. The zero-order valence-corrected chi connectivity index (χ0v) is 18.2. The highest BCUT2D eigenvalue weighted by Gasteiger charge is 2.33. The molecule has 2 aromatic rings. The van der Waals surface area contributed by atoms with Crippen LogP contribution in [-0.4, -0.2) is 61.4 Å². The number of aryl methyl sites for hydroxylation is 1. The number of hydrogen-bond acceptors (Lipinski definition) is 4. The lowest BCUT2D eigenvalue weighted by Gasteiger charge is -2.33. The van der Waals surface area contributed by atoms with Gasteiger partial charge in [0.15, 0.2) is 0 Å². The van der Waals surface area contributed by atoms with Gasteiger partial charge in [-0.2, -0.15) is 4.31 Å². The quantitative estimate of drug-likeness (QED) is 0.698. The maximum atomic E-state index is 13.0.